The molecule has 3 N–H and O–H groups in total. The third kappa shape index (κ3) is 4.18. The summed E-state index contributed by atoms with van der Waals surface area (Å²) in [6, 6.07) is 6.85. The van der Waals surface area contributed by atoms with E-state index in [1.165, 1.54) is 0 Å². The van der Waals surface area contributed by atoms with Gasteiger partial charge in [-0.05, 0) is 24.6 Å². The summed E-state index contributed by atoms with van der Waals surface area (Å²) < 4.78 is 30.4. The molecule has 1 atom stereocenters. The van der Waals surface area contributed by atoms with Crippen LogP contribution in [0.15, 0.2) is 24.3 Å². The summed E-state index contributed by atoms with van der Waals surface area (Å²) >= 11 is 0. The number of nitrogens with two attached hydrogens (primary N) is 1. The van der Waals surface area contributed by atoms with Crippen LogP contribution < -0.4 is 15.2 Å². The lowest BCUT2D eigenvalue weighted by atomic mass is 10.2. The smallest absolute Gasteiger partial charge is 0.217 e. The van der Waals surface area contributed by atoms with Gasteiger partial charge in [0.15, 0.2) is 0 Å². The Hall–Kier alpha value is -1.11. The normalized spacial score (nSPS) is 13.4. The number of sulfonamides is 1. The maximum Gasteiger partial charge on any atom is 0.217 e. The average molecular weight is 244 g/mol. The number of hydrogen-bond acceptors (Lipinski definition) is 4. The molecule has 0 radical (unpaired) electrons. The van der Waals surface area contributed by atoms with Gasteiger partial charge in [-0.2, -0.15) is 4.72 Å². The molecule has 1 rings (SSSR count). The van der Waals surface area contributed by atoms with Gasteiger partial charge in [0.1, 0.15) is 5.75 Å². The number of benzene rings is 1. The van der Waals surface area contributed by atoms with Crippen molar-refractivity contribution in [2.45, 2.75) is 18.8 Å². The van der Waals surface area contributed by atoms with Gasteiger partial charge in [0.25, 0.3) is 0 Å². The molecule has 5 nitrogen and oxygen atoms in total. The van der Waals surface area contributed by atoms with Gasteiger partial charge in [-0.25, -0.2) is 8.42 Å². The number of methoxy groups -OCH3 is 1. The van der Waals surface area contributed by atoms with Crippen molar-refractivity contribution in [2.24, 2.45) is 5.73 Å². The lowest BCUT2D eigenvalue weighted by Gasteiger charge is -2.09. The van der Waals surface area contributed by atoms with Gasteiger partial charge in [0, 0.05) is 0 Å². The molecule has 0 saturated carbocycles. The zero-order chi connectivity index (χ0) is 12.2. The molecule has 1 unspecified atom stereocenters. The molecule has 0 saturated heterocycles. The van der Waals surface area contributed by atoms with Crippen molar-refractivity contribution in [2.75, 3.05) is 7.11 Å². The Morgan fingerprint density at radius 1 is 1.38 bits per heavy atom. The standard InChI is InChI=1S/C10H16N2O3S/c1-8(11)12-16(13,14)7-9-3-5-10(15-2)6-4-9/h3-6,8,12H,7,11H2,1-2H3. The summed E-state index contributed by atoms with van der Waals surface area (Å²) in [6.45, 7) is 1.57. The van der Waals surface area contributed by atoms with E-state index in [0.717, 1.165) is 0 Å². The van der Waals surface area contributed by atoms with Gasteiger partial charge in [-0.3, -0.25) is 0 Å². The van der Waals surface area contributed by atoms with Crippen LogP contribution in [0.4, 0.5) is 0 Å². The molecule has 6 heteroatoms. The van der Waals surface area contributed by atoms with Gasteiger partial charge in [0.2, 0.25) is 10.0 Å². The van der Waals surface area contributed by atoms with Crippen molar-refractivity contribution in [1.82, 2.24) is 4.72 Å². The van der Waals surface area contributed by atoms with Gasteiger partial charge in [0.05, 0.1) is 19.0 Å². The Bertz CT molecular complexity index is 426. The third-order valence-corrected chi connectivity index (χ3v) is 3.33. The van der Waals surface area contributed by atoms with Crippen LogP contribution in [0.1, 0.15) is 12.5 Å². The number of rotatable bonds is 5. The van der Waals surface area contributed by atoms with E-state index in [4.69, 9.17) is 10.5 Å². The first-order chi connectivity index (χ1) is 7.43. The Labute approximate surface area is 95.7 Å². The van der Waals surface area contributed by atoms with Crippen LogP contribution in [0.3, 0.4) is 0 Å². The molecule has 0 spiro atoms. The monoisotopic (exact) mass is 244 g/mol. The van der Waals surface area contributed by atoms with Crippen molar-refractivity contribution in [3.63, 3.8) is 0 Å². The lowest BCUT2D eigenvalue weighted by Crippen LogP contribution is -2.39. The molecule has 0 amide bonds. The fourth-order valence-corrected chi connectivity index (χ4v) is 2.55. The minimum Gasteiger partial charge on any atom is -0.497 e. The summed E-state index contributed by atoms with van der Waals surface area (Å²) in [5, 5.41) is 0. The van der Waals surface area contributed by atoms with Crippen LogP contribution in [-0.2, 0) is 15.8 Å². The fraction of sp³-hybridized carbons (Fsp3) is 0.400. The second-order valence-corrected chi connectivity index (χ2v) is 5.27. The van der Waals surface area contributed by atoms with Crippen molar-refractivity contribution in [1.29, 1.82) is 0 Å². The van der Waals surface area contributed by atoms with E-state index in [1.54, 1.807) is 38.3 Å². The highest BCUT2D eigenvalue weighted by Crippen LogP contribution is 2.13. The van der Waals surface area contributed by atoms with E-state index in [0.29, 0.717) is 11.3 Å². The summed E-state index contributed by atoms with van der Waals surface area (Å²) in [5.74, 6) is 0.611. The SMILES string of the molecule is COc1ccc(CS(=O)(=O)NC(C)N)cc1. The second kappa shape index (κ2) is 5.29. The topological polar surface area (TPSA) is 81.4 Å². The first-order valence-electron chi connectivity index (χ1n) is 4.81. The van der Waals surface area contributed by atoms with E-state index >= 15 is 0 Å². The van der Waals surface area contributed by atoms with Gasteiger partial charge in [-0.15, -0.1) is 0 Å². The van der Waals surface area contributed by atoms with Crippen LogP contribution in [0, 0.1) is 0 Å². The molecule has 0 fully saturated rings. The molecule has 16 heavy (non-hydrogen) atoms. The first kappa shape index (κ1) is 13.0. The zero-order valence-corrected chi connectivity index (χ0v) is 10.1. The van der Waals surface area contributed by atoms with Crippen LogP contribution in [0.2, 0.25) is 0 Å². The highest BCUT2D eigenvalue weighted by atomic mass is 32.2. The van der Waals surface area contributed by atoms with Gasteiger partial charge in [-0.1, -0.05) is 12.1 Å². The molecular weight excluding hydrogens is 228 g/mol. The Balaban J connectivity index is 2.72. The second-order valence-electron chi connectivity index (χ2n) is 3.51. The van der Waals surface area contributed by atoms with E-state index in [2.05, 4.69) is 4.72 Å². The molecule has 1 aromatic carbocycles. The molecule has 0 aliphatic heterocycles. The fourth-order valence-electron chi connectivity index (χ4n) is 1.27. The first-order valence-corrected chi connectivity index (χ1v) is 6.47. The average Bonchev–Trinajstić information content (AvgIpc) is 2.16. The van der Waals surface area contributed by atoms with Gasteiger partial charge < -0.3 is 10.5 Å². The Morgan fingerprint density at radius 3 is 2.38 bits per heavy atom. The molecule has 1 aromatic rings. The maximum atomic E-state index is 11.5. The largest absolute Gasteiger partial charge is 0.497 e. The highest BCUT2D eigenvalue weighted by molar-refractivity contribution is 7.88. The summed E-state index contributed by atoms with van der Waals surface area (Å²) in [6.07, 6.45) is -0.580. The molecule has 0 aliphatic rings. The number of nitrogens with one attached hydrogen (secondary N) is 1. The van der Waals surface area contributed by atoms with Crippen LogP contribution >= 0.6 is 0 Å². The molecule has 0 heterocycles. The van der Waals surface area contributed by atoms with Crippen molar-refractivity contribution < 1.29 is 13.2 Å². The predicted molar refractivity (Wildman–Crippen MR) is 62.4 cm³/mol. The lowest BCUT2D eigenvalue weighted by molar-refractivity contribution is 0.414. The molecule has 90 valence electrons. The van der Waals surface area contributed by atoms with E-state index < -0.39 is 16.2 Å². The van der Waals surface area contributed by atoms with Crippen molar-refractivity contribution in [3.8, 4) is 5.75 Å². The molecule has 0 aromatic heterocycles. The number of ether oxygens (including phenoxy) is 1. The predicted octanol–water partition coefficient (Wildman–Crippen LogP) is 0.419. The van der Waals surface area contributed by atoms with E-state index in [9.17, 15) is 8.42 Å². The quantitative estimate of drug-likeness (QED) is 0.735. The minimum absolute atomic E-state index is 0.0848. The maximum absolute atomic E-state index is 11.5. The summed E-state index contributed by atoms with van der Waals surface area (Å²) in [7, 11) is -1.81. The third-order valence-electron chi connectivity index (χ3n) is 1.88. The Kier molecular flexibility index (Phi) is 4.28. The molecular formula is C10H16N2O3S. The van der Waals surface area contributed by atoms with Crippen molar-refractivity contribution >= 4 is 10.0 Å². The summed E-state index contributed by atoms with van der Waals surface area (Å²) in [5.41, 5.74) is 6.06. The molecule has 0 aliphatic carbocycles. The highest BCUT2D eigenvalue weighted by Gasteiger charge is 2.12. The van der Waals surface area contributed by atoms with Crippen LogP contribution in [0.25, 0.3) is 0 Å². The molecule has 0 bridgehead atoms. The summed E-state index contributed by atoms with van der Waals surface area (Å²) in [4.78, 5) is 0. The van der Waals surface area contributed by atoms with Crippen LogP contribution in [-0.4, -0.2) is 21.7 Å². The number of hydrogen-bond donors (Lipinski definition) is 2. The van der Waals surface area contributed by atoms with Crippen LogP contribution in [0.5, 0.6) is 5.75 Å². The zero-order valence-electron chi connectivity index (χ0n) is 9.30. The van der Waals surface area contributed by atoms with E-state index in [-0.39, 0.29) is 5.75 Å². The van der Waals surface area contributed by atoms with E-state index in [1.807, 2.05) is 0 Å². The van der Waals surface area contributed by atoms with Crippen molar-refractivity contribution in [3.05, 3.63) is 29.8 Å². The Morgan fingerprint density at radius 2 is 1.94 bits per heavy atom. The van der Waals surface area contributed by atoms with Gasteiger partial charge >= 0.3 is 0 Å². The minimum atomic E-state index is -3.37.